The number of unbranched alkanes of at least 4 members (excludes halogenated alkanes) is 9. The van der Waals surface area contributed by atoms with Crippen LogP contribution in [0.2, 0.25) is 0 Å². The highest BCUT2D eigenvalue weighted by Gasteiger charge is 2.26. The van der Waals surface area contributed by atoms with E-state index >= 15 is 0 Å². The molecular weight excluding hydrogens is 238 g/mol. The fraction of sp³-hybridized carbons (Fsp3) is 0.938. The van der Waals surface area contributed by atoms with Gasteiger partial charge in [0.25, 0.3) is 0 Å². The summed E-state index contributed by atoms with van der Waals surface area (Å²) in [5.74, 6) is 0. The first-order valence-electron chi connectivity index (χ1n) is 8.19. The Morgan fingerprint density at radius 1 is 1.00 bits per heavy atom. The molecule has 1 amide bonds. The number of carbonyl (C=O) groups is 1. The molecule has 0 unspecified atom stereocenters. The van der Waals surface area contributed by atoms with Crippen LogP contribution in [0.5, 0.6) is 0 Å². The van der Waals surface area contributed by atoms with Gasteiger partial charge >= 0.3 is 6.09 Å². The normalized spacial score (nSPS) is 18.9. The fourth-order valence-electron chi connectivity index (χ4n) is 2.64. The van der Waals surface area contributed by atoms with Crippen LogP contribution in [0.15, 0.2) is 0 Å². The zero-order chi connectivity index (χ0) is 13.9. The van der Waals surface area contributed by atoms with Crippen LogP contribution < -0.4 is 0 Å². The topological polar surface area (TPSA) is 29.5 Å². The van der Waals surface area contributed by atoms with Gasteiger partial charge in [-0.05, 0) is 13.3 Å². The molecule has 0 spiro atoms. The van der Waals surface area contributed by atoms with Gasteiger partial charge in [0.05, 0.1) is 6.54 Å². The third kappa shape index (κ3) is 7.44. The van der Waals surface area contributed by atoms with Crippen LogP contribution in [0.4, 0.5) is 4.79 Å². The third-order valence-electron chi connectivity index (χ3n) is 3.82. The molecule has 0 aromatic carbocycles. The standard InChI is InChI=1S/C16H31NO2/c1-3-4-5-6-7-8-9-10-11-12-13-17-14-15(2)19-16(17)18/h15H,3-14H2,1-2H3/t15-/m1/s1. The second-order valence-electron chi connectivity index (χ2n) is 5.82. The zero-order valence-corrected chi connectivity index (χ0v) is 12.8. The van der Waals surface area contributed by atoms with Crippen molar-refractivity contribution in [2.45, 2.75) is 84.2 Å². The summed E-state index contributed by atoms with van der Waals surface area (Å²) in [5.41, 5.74) is 0. The molecule has 0 aromatic rings. The Hall–Kier alpha value is -0.730. The molecule has 0 aliphatic carbocycles. The van der Waals surface area contributed by atoms with Crippen LogP contribution in [0, 0.1) is 0 Å². The monoisotopic (exact) mass is 269 g/mol. The summed E-state index contributed by atoms with van der Waals surface area (Å²) < 4.78 is 5.10. The Kier molecular flexibility index (Phi) is 8.68. The van der Waals surface area contributed by atoms with Gasteiger partial charge in [0, 0.05) is 6.54 Å². The largest absolute Gasteiger partial charge is 0.445 e. The molecule has 1 rings (SSSR count). The van der Waals surface area contributed by atoms with Crippen molar-refractivity contribution >= 4 is 6.09 Å². The van der Waals surface area contributed by atoms with Crippen LogP contribution in [0.1, 0.15) is 78.1 Å². The van der Waals surface area contributed by atoms with E-state index in [4.69, 9.17) is 4.74 Å². The van der Waals surface area contributed by atoms with E-state index < -0.39 is 0 Å². The number of cyclic esters (lactones) is 1. The highest BCUT2D eigenvalue weighted by molar-refractivity contribution is 5.69. The van der Waals surface area contributed by atoms with Crippen molar-refractivity contribution in [1.82, 2.24) is 4.90 Å². The Balaban J connectivity index is 1.82. The second-order valence-corrected chi connectivity index (χ2v) is 5.82. The van der Waals surface area contributed by atoms with Crippen LogP contribution in [-0.2, 0) is 4.74 Å². The Labute approximate surface area is 118 Å². The van der Waals surface area contributed by atoms with Crippen molar-refractivity contribution in [3.8, 4) is 0 Å². The smallest absolute Gasteiger partial charge is 0.410 e. The molecule has 3 heteroatoms. The van der Waals surface area contributed by atoms with Gasteiger partial charge in [-0.1, -0.05) is 64.7 Å². The molecule has 0 saturated carbocycles. The fourth-order valence-corrected chi connectivity index (χ4v) is 2.64. The lowest BCUT2D eigenvalue weighted by molar-refractivity contribution is 0.138. The van der Waals surface area contributed by atoms with Crippen molar-refractivity contribution in [2.24, 2.45) is 0 Å². The maximum atomic E-state index is 11.4. The molecule has 1 saturated heterocycles. The van der Waals surface area contributed by atoms with E-state index in [1.54, 1.807) is 0 Å². The average molecular weight is 269 g/mol. The minimum atomic E-state index is -0.122. The lowest BCUT2D eigenvalue weighted by atomic mass is 10.1. The van der Waals surface area contributed by atoms with Gasteiger partial charge in [0.15, 0.2) is 0 Å². The van der Waals surface area contributed by atoms with Crippen LogP contribution in [0.3, 0.4) is 0 Å². The first kappa shape index (κ1) is 16.3. The maximum absolute atomic E-state index is 11.4. The average Bonchev–Trinajstić information content (AvgIpc) is 2.70. The summed E-state index contributed by atoms with van der Waals surface area (Å²) in [6, 6.07) is 0. The molecule has 1 atom stereocenters. The van der Waals surface area contributed by atoms with Gasteiger partial charge in [-0.3, -0.25) is 0 Å². The summed E-state index contributed by atoms with van der Waals surface area (Å²) in [7, 11) is 0. The molecule has 3 nitrogen and oxygen atoms in total. The molecule has 1 aliphatic heterocycles. The molecule has 1 fully saturated rings. The second kappa shape index (κ2) is 10.1. The SMILES string of the molecule is CCCCCCCCCCCCN1C[C@@H](C)OC1=O. The summed E-state index contributed by atoms with van der Waals surface area (Å²) in [6.07, 6.45) is 13.3. The van der Waals surface area contributed by atoms with Crippen molar-refractivity contribution in [2.75, 3.05) is 13.1 Å². The number of nitrogens with zero attached hydrogens (tertiary/aromatic N) is 1. The minimum Gasteiger partial charge on any atom is -0.445 e. The first-order chi connectivity index (χ1) is 9.24. The van der Waals surface area contributed by atoms with Gasteiger partial charge < -0.3 is 9.64 Å². The van der Waals surface area contributed by atoms with Crippen LogP contribution >= 0.6 is 0 Å². The molecular formula is C16H31NO2. The van der Waals surface area contributed by atoms with Gasteiger partial charge in [0.2, 0.25) is 0 Å². The number of ether oxygens (including phenoxy) is 1. The maximum Gasteiger partial charge on any atom is 0.410 e. The number of rotatable bonds is 11. The highest BCUT2D eigenvalue weighted by atomic mass is 16.6. The van der Waals surface area contributed by atoms with Gasteiger partial charge in [-0.2, -0.15) is 0 Å². The first-order valence-corrected chi connectivity index (χ1v) is 8.19. The van der Waals surface area contributed by atoms with Crippen molar-refractivity contribution in [3.63, 3.8) is 0 Å². The van der Waals surface area contributed by atoms with Crippen molar-refractivity contribution < 1.29 is 9.53 Å². The molecule has 112 valence electrons. The predicted octanol–water partition coefficient (Wildman–Crippen LogP) is 4.75. The van der Waals surface area contributed by atoms with Crippen molar-refractivity contribution in [3.05, 3.63) is 0 Å². The minimum absolute atomic E-state index is 0.0793. The Bertz CT molecular complexity index is 243. The number of hydrogen-bond acceptors (Lipinski definition) is 2. The summed E-state index contributed by atoms with van der Waals surface area (Å²) >= 11 is 0. The van der Waals surface area contributed by atoms with E-state index in [-0.39, 0.29) is 12.2 Å². The molecule has 0 radical (unpaired) electrons. The van der Waals surface area contributed by atoms with Gasteiger partial charge in [0.1, 0.15) is 6.10 Å². The summed E-state index contributed by atoms with van der Waals surface area (Å²) in [4.78, 5) is 13.2. The molecule has 0 N–H and O–H groups in total. The van der Waals surface area contributed by atoms with Crippen LogP contribution in [-0.4, -0.2) is 30.2 Å². The van der Waals surface area contributed by atoms with Crippen LogP contribution in [0.25, 0.3) is 0 Å². The van der Waals surface area contributed by atoms with E-state index in [1.165, 1.54) is 57.8 Å². The van der Waals surface area contributed by atoms with E-state index in [1.807, 2.05) is 11.8 Å². The highest BCUT2D eigenvalue weighted by Crippen LogP contribution is 2.13. The van der Waals surface area contributed by atoms with E-state index in [0.29, 0.717) is 0 Å². The number of carbonyl (C=O) groups excluding carboxylic acids is 1. The molecule has 1 heterocycles. The van der Waals surface area contributed by atoms with E-state index in [0.717, 1.165) is 19.5 Å². The third-order valence-corrected chi connectivity index (χ3v) is 3.82. The molecule has 0 aromatic heterocycles. The van der Waals surface area contributed by atoms with E-state index in [9.17, 15) is 4.79 Å². The lowest BCUT2D eigenvalue weighted by Gasteiger charge is -2.11. The number of hydrogen-bond donors (Lipinski definition) is 0. The van der Waals surface area contributed by atoms with Crippen molar-refractivity contribution in [1.29, 1.82) is 0 Å². The zero-order valence-electron chi connectivity index (χ0n) is 12.8. The summed E-state index contributed by atoms with van der Waals surface area (Å²) in [5, 5.41) is 0. The molecule has 1 aliphatic rings. The quantitative estimate of drug-likeness (QED) is 0.507. The van der Waals surface area contributed by atoms with Gasteiger partial charge in [-0.25, -0.2) is 4.79 Å². The molecule has 19 heavy (non-hydrogen) atoms. The Morgan fingerprint density at radius 2 is 1.53 bits per heavy atom. The van der Waals surface area contributed by atoms with Gasteiger partial charge in [-0.15, -0.1) is 0 Å². The predicted molar refractivity (Wildman–Crippen MR) is 79.4 cm³/mol. The van der Waals surface area contributed by atoms with E-state index in [2.05, 4.69) is 6.92 Å². The number of amides is 1. The Morgan fingerprint density at radius 3 is 2.00 bits per heavy atom. The lowest BCUT2D eigenvalue weighted by Crippen LogP contribution is -2.25. The molecule has 0 bridgehead atoms. The summed E-state index contributed by atoms with van der Waals surface area (Å²) in [6.45, 7) is 5.86.